The molecule has 0 aromatic rings. The van der Waals surface area contributed by atoms with Crippen molar-refractivity contribution in [3.8, 4) is 0 Å². The van der Waals surface area contributed by atoms with Gasteiger partial charge < -0.3 is 11.1 Å². The van der Waals surface area contributed by atoms with Gasteiger partial charge in [-0.25, -0.2) is 0 Å². The molecule has 0 aliphatic rings. The molecule has 4 heteroatoms. The van der Waals surface area contributed by atoms with Gasteiger partial charge in [-0.15, -0.1) is 0 Å². The van der Waals surface area contributed by atoms with Crippen molar-refractivity contribution in [2.45, 2.75) is 39.0 Å². The van der Waals surface area contributed by atoms with Crippen LogP contribution in [-0.2, 0) is 4.79 Å². The Labute approximate surface area is 104 Å². The number of unbranched alkanes of at least 4 members (excludes halogenated alkanes) is 2. The molecular weight excluding hydrogens is 220 g/mol. The van der Waals surface area contributed by atoms with Crippen LogP contribution < -0.4 is 11.1 Å². The van der Waals surface area contributed by atoms with Crippen LogP contribution in [0, 0.1) is 5.92 Å². The average molecular weight is 246 g/mol. The predicted molar refractivity (Wildman–Crippen MR) is 72.7 cm³/mol. The van der Waals surface area contributed by atoms with Gasteiger partial charge in [0.1, 0.15) is 0 Å². The molecule has 0 radical (unpaired) electrons. The van der Waals surface area contributed by atoms with Gasteiger partial charge in [0.25, 0.3) is 0 Å². The molecule has 1 unspecified atom stereocenters. The number of hydrogen-bond donors (Lipinski definition) is 2. The van der Waals surface area contributed by atoms with Crippen molar-refractivity contribution in [2.75, 3.05) is 25.1 Å². The van der Waals surface area contributed by atoms with Crippen LogP contribution in [0.4, 0.5) is 0 Å². The highest BCUT2D eigenvalue weighted by molar-refractivity contribution is 7.98. The van der Waals surface area contributed by atoms with Crippen molar-refractivity contribution in [1.29, 1.82) is 0 Å². The Hall–Kier alpha value is -0.220. The van der Waals surface area contributed by atoms with Crippen LogP contribution >= 0.6 is 11.8 Å². The number of carbonyl (C=O) groups is 1. The normalized spacial score (nSPS) is 12.4. The van der Waals surface area contributed by atoms with Crippen molar-refractivity contribution in [2.24, 2.45) is 11.7 Å². The van der Waals surface area contributed by atoms with Crippen LogP contribution in [0.2, 0.25) is 0 Å². The first-order valence-electron chi connectivity index (χ1n) is 6.20. The molecule has 0 aromatic carbocycles. The lowest BCUT2D eigenvalue weighted by molar-refractivity contribution is -0.122. The first-order valence-corrected chi connectivity index (χ1v) is 7.59. The Morgan fingerprint density at radius 2 is 2.12 bits per heavy atom. The summed E-state index contributed by atoms with van der Waals surface area (Å²) in [5, 5.41) is 2.96. The fraction of sp³-hybridized carbons (Fsp3) is 0.917. The van der Waals surface area contributed by atoms with Crippen LogP contribution in [0.5, 0.6) is 0 Å². The van der Waals surface area contributed by atoms with Crippen molar-refractivity contribution in [1.82, 2.24) is 5.32 Å². The van der Waals surface area contributed by atoms with Gasteiger partial charge in [0.05, 0.1) is 0 Å². The van der Waals surface area contributed by atoms with Gasteiger partial charge in [-0.3, -0.25) is 4.79 Å². The summed E-state index contributed by atoms with van der Waals surface area (Å²) in [6.45, 7) is 3.50. The molecule has 3 nitrogen and oxygen atoms in total. The molecule has 0 fully saturated rings. The summed E-state index contributed by atoms with van der Waals surface area (Å²) in [7, 11) is 0. The fourth-order valence-electron chi connectivity index (χ4n) is 1.50. The van der Waals surface area contributed by atoms with Crippen LogP contribution in [0.1, 0.15) is 39.0 Å². The molecule has 0 aliphatic heterocycles. The van der Waals surface area contributed by atoms with E-state index in [1.807, 2.05) is 11.8 Å². The van der Waals surface area contributed by atoms with E-state index in [1.165, 1.54) is 18.6 Å². The molecule has 96 valence electrons. The zero-order valence-electron chi connectivity index (χ0n) is 10.6. The summed E-state index contributed by atoms with van der Waals surface area (Å²) >= 11 is 1.88. The lowest BCUT2D eigenvalue weighted by Gasteiger charge is -2.11. The number of nitrogens with two attached hydrogens (primary N) is 1. The first kappa shape index (κ1) is 15.8. The highest BCUT2D eigenvalue weighted by Gasteiger charge is 2.09. The third-order valence-electron chi connectivity index (χ3n) is 2.73. The van der Waals surface area contributed by atoms with Crippen molar-refractivity contribution in [3.05, 3.63) is 0 Å². The minimum Gasteiger partial charge on any atom is -0.356 e. The minimum absolute atomic E-state index is 0.155. The second kappa shape index (κ2) is 11.3. The summed E-state index contributed by atoms with van der Waals surface area (Å²) in [4.78, 5) is 11.5. The average Bonchev–Trinajstić information content (AvgIpc) is 2.30. The summed E-state index contributed by atoms with van der Waals surface area (Å²) in [5.74, 6) is 1.72. The maximum atomic E-state index is 11.5. The molecule has 0 aromatic heterocycles. The predicted octanol–water partition coefficient (Wildman–Crippen LogP) is 2.01. The van der Waals surface area contributed by atoms with Gasteiger partial charge in [-0.2, -0.15) is 11.8 Å². The minimum atomic E-state index is 0.155. The molecule has 16 heavy (non-hydrogen) atoms. The van der Waals surface area contributed by atoms with Crippen LogP contribution in [0.15, 0.2) is 0 Å². The summed E-state index contributed by atoms with van der Waals surface area (Å²) < 4.78 is 0. The number of amides is 1. The van der Waals surface area contributed by atoms with Crippen LogP contribution in [0.3, 0.4) is 0 Å². The number of nitrogens with one attached hydrogen (secondary N) is 1. The van der Waals surface area contributed by atoms with E-state index in [4.69, 9.17) is 5.73 Å². The van der Waals surface area contributed by atoms with E-state index in [0.29, 0.717) is 18.9 Å². The first-order chi connectivity index (χ1) is 7.74. The summed E-state index contributed by atoms with van der Waals surface area (Å²) in [6, 6.07) is 0. The van der Waals surface area contributed by atoms with E-state index in [-0.39, 0.29) is 5.91 Å². The molecule has 0 spiro atoms. The lowest BCUT2D eigenvalue weighted by Crippen LogP contribution is -2.28. The maximum absolute atomic E-state index is 11.5. The molecule has 0 aliphatic carbocycles. The highest BCUT2D eigenvalue weighted by Crippen LogP contribution is 2.05. The maximum Gasteiger partial charge on any atom is 0.220 e. The fourth-order valence-corrected chi connectivity index (χ4v) is 2.00. The third kappa shape index (κ3) is 9.04. The van der Waals surface area contributed by atoms with Gasteiger partial charge >= 0.3 is 0 Å². The van der Waals surface area contributed by atoms with Crippen LogP contribution in [0.25, 0.3) is 0 Å². The van der Waals surface area contributed by atoms with E-state index in [1.54, 1.807) is 0 Å². The quantitative estimate of drug-likeness (QED) is 0.580. The highest BCUT2D eigenvalue weighted by atomic mass is 32.2. The standard InChI is InChI=1S/C12H26N2OS/c1-3-11(10-13)9-12(15)14-7-5-4-6-8-16-2/h11H,3-10,13H2,1-2H3,(H,14,15). The van der Waals surface area contributed by atoms with E-state index in [0.717, 1.165) is 19.4 Å². The van der Waals surface area contributed by atoms with Crippen molar-refractivity contribution >= 4 is 17.7 Å². The molecule has 3 N–H and O–H groups in total. The topological polar surface area (TPSA) is 55.1 Å². The zero-order chi connectivity index (χ0) is 12.2. The van der Waals surface area contributed by atoms with Gasteiger partial charge in [-0.05, 0) is 37.3 Å². The third-order valence-corrected chi connectivity index (χ3v) is 3.43. The second-order valence-electron chi connectivity index (χ2n) is 4.12. The molecule has 1 atom stereocenters. The van der Waals surface area contributed by atoms with Gasteiger partial charge in [0.2, 0.25) is 5.91 Å². The Morgan fingerprint density at radius 3 is 2.69 bits per heavy atom. The number of hydrogen-bond acceptors (Lipinski definition) is 3. The lowest BCUT2D eigenvalue weighted by atomic mass is 10.0. The molecular formula is C12H26N2OS. The van der Waals surface area contributed by atoms with Crippen molar-refractivity contribution in [3.63, 3.8) is 0 Å². The van der Waals surface area contributed by atoms with E-state index < -0.39 is 0 Å². The molecule has 0 bridgehead atoms. The Morgan fingerprint density at radius 1 is 1.38 bits per heavy atom. The number of rotatable bonds is 10. The summed E-state index contributed by atoms with van der Waals surface area (Å²) in [5.41, 5.74) is 5.56. The van der Waals surface area contributed by atoms with Gasteiger partial charge in [0, 0.05) is 13.0 Å². The molecule has 0 rings (SSSR count). The SMILES string of the molecule is CCC(CN)CC(=O)NCCCCCSC. The van der Waals surface area contributed by atoms with Crippen LogP contribution in [-0.4, -0.2) is 31.0 Å². The number of thioether (sulfide) groups is 1. The zero-order valence-corrected chi connectivity index (χ0v) is 11.4. The van der Waals surface area contributed by atoms with E-state index in [2.05, 4.69) is 18.5 Å². The second-order valence-corrected chi connectivity index (χ2v) is 5.10. The molecule has 0 saturated carbocycles. The molecule has 0 heterocycles. The summed E-state index contributed by atoms with van der Waals surface area (Å²) in [6.07, 6.45) is 7.23. The Bertz CT molecular complexity index is 172. The Balaban J connectivity index is 3.36. The molecule has 0 saturated heterocycles. The van der Waals surface area contributed by atoms with Gasteiger partial charge in [-0.1, -0.05) is 19.8 Å². The smallest absolute Gasteiger partial charge is 0.220 e. The molecule has 1 amide bonds. The van der Waals surface area contributed by atoms with Crippen molar-refractivity contribution < 1.29 is 4.79 Å². The largest absolute Gasteiger partial charge is 0.356 e. The van der Waals surface area contributed by atoms with Gasteiger partial charge in [0.15, 0.2) is 0 Å². The van der Waals surface area contributed by atoms with E-state index in [9.17, 15) is 4.79 Å². The van der Waals surface area contributed by atoms with E-state index >= 15 is 0 Å². The Kier molecular flexibility index (Phi) is 11.1. The number of carbonyl (C=O) groups excluding carboxylic acids is 1. The monoisotopic (exact) mass is 246 g/mol.